The second-order valence-corrected chi connectivity index (χ2v) is 7.37. The van der Waals surface area contributed by atoms with Gasteiger partial charge in [-0.3, -0.25) is 4.79 Å². The fourth-order valence-corrected chi connectivity index (χ4v) is 3.66. The van der Waals surface area contributed by atoms with Crippen molar-refractivity contribution in [3.05, 3.63) is 40.8 Å². The zero-order chi connectivity index (χ0) is 18.2. The highest BCUT2D eigenvalue weighted by molar-refractivity contribution is 7.89. The number of sulfonamides is 1. The topological polar surface area (TPSA) is 112 Å². The first kappa shape index (κ1) is 20.0. The van der Waals surface area contributed by atoms with Crippen molar-refractivity contribution in [1.82, 2.24) is 4.31 Å². The quantitative estimate of drug-likeness (QED) is 0.293. The van der Waals surface area contributed by atoms with Gasteiger partial charge in [-0.15, -0.1) is 0 Å². The van der Waals surface area contributed by atoms with Crippen LogP contribution in [0.25, 0.3) is 10.4 Å². The number of carbonyl (C=O) groups is 1. The van der Waals surface area contributed by atoms with Crippen molar-refractivity contribution >= 4 is 16.0 Å². The highest BCUT2D eigenvalue weighted by Crippen LogP contribution is 2.23. The van der Waals surface area contributed by atoms with Crippen LogP contribution in [0.15, 0.2) is 40.3 Å². The Morgan fingerprint density at radius 1 is 1.33 bits per heavy atom. The van der Waals surface area contributed by atoms with Gasteiger partial charge in [-0.05, 0) is 36.9 Å². The number of carbonyl (C=O) groups excluding carboxylic acids is 1. The minimum Gasteiger partial charge on any atom is -0.465 e. The molecule has 9 heteroatoms. The summed E-state index contributed by atoms with van der Waals surface area (Å²) in [6.07, 6.45) is 0.256. The largest absolute Gasteiger partial charge is 0.465 e. The van der Waals surface area contributed by atoms with Crippen LogP contribution in [0.3, 0.4) is 0 Å². The van der Waals surface area contributed by atoms with Gasteiger partial charge in [0.2, 0.25) is 10.0 Å². The van der Waals surface area contributed by atoms with Gasteiger partial charge in [-0.2, -0.15) is 4.31 Å². The molecule has 0 spiro atoms. The molecule has 0 aliphatic rings. The van der Waals surface area contributed by atoms with Crippen molar-refractivity contribution < 1.29 is 17.9 Å². The number of esters is 1. The molecule has 0 unspecified atom stereocenters. The molecule has 0 fully saturated rings. The Kier molecular flexibility index (Phi) is 7.70. The van der Waals surface area contributed by atoms with E-state index in [0.29, 0.717) is 0 Å². The van der Waals surface area contributed by atoms with Crippen LogP contribution >= 0.6 is 0 Å². The first-order valence-corrected chi connectivity index (χ1v) is 9.03. The lowest BCUT2D eigenvalue weighted by molar-refractivity contribution is -0.148. The summed E-state index contributed by atoms with van der Waals surface area (Å²) in [5.41, 5.74) is 8.58. The molecule has 0 aliphatic heterocycles. The van der Waals surface area contributed by atoms with Crippen LogP contribution in [0.4, 0.5) is 0 Å². The molecule has 132 valence electrons. The van der Waals surface area contributed by atoms with Crippen LogP contribution in [0, 0.1) is 5.92 Å². The lowest BCUT2D eigenvalue weighted by Crippen LogP contribution is -2.46. The first-order chi connectivity index (χ1) is 11.3. The summed E-state index contributed by atoms with van der Waals surface area (Å²) >= 11 is 0. The van der Waals surface area contributed by atoms with Gasteiger partial charge in [0.05, 0.1) is 18.2 Å². The van der Waals surface area contributed by atoms with E-state index in [1.807, 2.05) is 13.8 Å². The fourth-order valence-electron chi connectivity index (χ4n) is 2.18. The molecule has 1 aromatic rings. The maximum atomic E-state index is 12.9. The van der Waals surface area contributed by atoms with Crippen LogP contribution in [-0.4, -0.2) is 38.0 Å². The summed E-state index contributed by atoms with van der Waals surface area (Å²) in [6.45, 7) is 5.03. The Bertz CT molecular complexity index is 685. The highest BCUT2D eigenvalue weighted by atomic mass is 32.2. The van der Waals surface area contributed by atoms with E-state index in [4.69, 9.17) is 10.3 Å². The van der Waals surface area contributed by atoms with E-state index < -0.39 is 28.7 Å². The number of azide groups is 1. The molecule has 0 aromatic heterocycles. The predicted molar refractivity (Wildman–Crippen MR) is 89.4 cm³/mol. The minimum absolute atomic E-state index is 0.0243. The predicted octanol–water partition coefficient (Wildman–Crippen LogP) is 2.92. The molecule has 0 amide bonds. The summed E-state index contributed by atoms with van der Waals surface area (Å²) in [6, 6.07) is 6.65. The monoisotopic (exact) mass is 354 g/mol. The van der Waals surface area contributed by atoms with Crippen LogP contribution in [0.2, 0.25) is 0 Å². The maximum absolute atomic E-state index is 12.9. The number of rotatable bonds is 9. The van der Waals surface area contributed by atoms with Crippen molar-refractivity contribution in [1.29, 1.82) is 0 Å². The second kappa shape index (κ2) is 9.27. The van der Waals surface area contributed by atoms with E-state index in [9.17, 15) is 13.2 Å². The zero-order valence-corrected chi connectivity index (χ0v) is 14.8. The Balaban J connectivity index is 3.34. The SMILES string of the molecule is CCOC(=O)[C@H](CC(C)C)N(CN=[N+]=[N-])S(=O)(=O)c1ccccc1. The summed E-state index contributed by atoms with van der Waals surface area (Å²) in [5, 5.41) is 3.35. The molecule has 0 heterocycles. The smallest absolute Gasteiger partial charge is 0.324 e. The Morgan fingerprint density at radius 3 is 2.46 bits per heavy atom. The van der Waals surface area contributed by atoms with Crippen LogP contribution in [0.5, 0.6) is 0 Å². The normalized spacial score (nSPS) is 12.7. The van der Waals surface area contributed by atoms with Gasteiger partial charge in [0, 0.05) is 4.91 Å². The summed E-state index contributed by atoms with van der Waals surface area (Å²) in [5.74, 6) is -0.613. The number of nitrogens with zero attached hydrogens (tertiary/aromatic N) is 4. The third-order valence-corrected chi connectivity index (χ3v) is 5.07. The number of benzene rings is 1. The molecule has 0 saturated carbocycles. The molecule has 0 radical (unpaired) electrons. The standard InChI is InChI=1S/C15H22N4O4S/c1-4-23-15(20)14(10-12(2)3)19(11-17-18-16)24(21,22)13-8-6-5-7-9-13/h5-9,12,14H,4,10-11H2,1-3H3/t14-/m0/s1. The van der Waals surface area contributed by atoms with Gasteiger partial charge in [-0.1, -0.05) is 37.2 Å². The molecule has 24 heavy (non-hydrogen) atoms. The molecule has 8 nitrogen and oxygen atoms in total. The lowest BCUT2D eigenvalue weighted by atomic mass is 10.0. The van der Waals surface area contributed by atoms with Gasteiger partial charge >= 0.3 is 5.97 Å². The maximum Gasteiger partial charge on any atom is 0.324 e. The summed E-state index contributed by atoms with van der Waals surface area (Å²) < 4.78 is 31.7. The molecule has 1 rings (SSSR count). The minimum atomic E-state index is -4.01. The van der Waals surface area contributed by atoms with Crippen molar-refractivity contribution in [3.8, 4) is 0 Å². The van der Waals surface area contributed by atoms with Gasteiger partial charge in [-0.25, -0.2) is 8.42 Å². The third-order valence-electron chi connectivity index (χ3n) is 3.22. The van der Waals surface area contributed by atoms with Gasteiger partial charge in [0.1, 0.15) is 6.04 Å². The number of ether oxygens (including phenoxy) is 1. The Labute approximate surface area is 142 Å². The molecular weight excluding hydrogens is 332 g/mol. The molecule has 1 aromatic carbocycles. The second-order valence-electron chi connectivity index (χ2n) is 5.47. The molecular formula is C15H22N4O4S. The average Bonchev–Trinajstić information content (AvgIpc) is 2.54. The van der Waals surface area contributed by atoms with E-state index in [2.05, 4.69) is 10.0 Å². The highest BCUT2D eigenvalue weighted by Gasteiger charge is 2.36. The van der Waals surface area contributed by atoms with Crippen molar-refractivity contribution in [2.45, 2.75) is 38.1 Å². The Morgan fingerprint density at radius 2 is 1.96 bits per heavy atom. The van der Waals surface area contributed by atoms with Crippen molar-refractivity contribution in [2.24, 2.45) is 11.0 Å². The first-order valence-electron chi connectivity index (χ1n) is 7.59. The average molecular weight is 354 g/mol. The molecule has 1 atom stereocenters. The fraction of sp³-hybridized carbons (Fsp3) is 0.533. The summed E-state index contributed by atoms with van der Waals surface area (Å²) in [7, 11) is -4.01. The van der Waals surface area contributed by atoms with E-state index in [1.165, 1.54) is 12.1 Å². The van der Waals surface area contributed by atoms with Crippen molar-refractivity contribution in [2.75, 3.05) is 13.3 Å². The van der Waals surface area contributed by atoms with E-state index in [1.54, 1.807) is 25.1 Å². The van der Waals surface area contributed by atoms with E-state index >= 15 is 0 Å². The van der Waals surface area contributed by atoms with Crippen LogP contribution in [-0.2, 0) is 19.6 Å². The lowest BCUT2D eigenvalue weighted by Gasteiger charge is -2.29. The van der Waals surface area contributed by atoms with Crippen LogP contribution < -0.4 is 0 Å². The van der Waals surface area contributed by atoms with Crippen molar-refractivity contribution in [3.63, 3.8) is 0 Å². The molecule has 0 bridgehead atoms. The van der Waals surface area contributed by atoms with Crippen LogP contribution in [0.1, 0.15) is 27.2 Å². The van der Waals surface area contributed by atoms with E-state index in [-0.39, 0.29) is 23.8 Å². The molecule has 0 aliphatic carbocycles. The third kappa shape index (κ3) is 5.23. The number of hydrogen-bond donors (Lipinski definition) is 0. The van der Waals surface area contributed by atoms with Gasteiger partial charge in [0.15, 0.2) is 0 Å². The zero-order valence-electron chi connectivity index (χ0n) is 14.0. The van der Waals surface area contributed by atoms with Gasteiger partial charge in [0.25, 0.3) is 0 Å². The molecule has 0 N–H and O–H groups in total. The Hall–Kier alpha value is -2.09. The number of hydrogen-bond acceptors (Lipinski definition) is 5. The van der Waals surface area contributed by atoms with Gasteiger partial charge < -0.3 is 4.74 Å². The van der Waals surface area contributed by atoms with E-state index in [0.717, 1.165) is 4.31 Å². The summed E-state index contributed by atoms with van der Waals surface area (Å²) in [4.78, 5) is 14.9. The molecule has 0 saturated heterocycles.